The molecule has 0 amide bonds. The molecule has 0 radical (unpaired) electrons. The highest BCUT2D eigenvalue weighted by Crippen LogP contribution is 2.33. The number of hydrogen-bond donors (Lipinski definition) is 1. The van der Waals surface area contributed by atoms with E-state index in [1.165, 1.54) is 5.56 Å². The van der Waals surface area contributed by atoms with Gasteiger partial charge >= 0.3 is 11.9 Å². The Labute approximate surface area is 288 Å². The molecule has 0 atom stereocenters. The third-order valence-corrected chi connectivity index (χ3v) is 8.30. The van der Waals surface area contributed by atoms with E-state index in [9.17, 15) is 14.7 Å². The highest BCUT2D eigenvalue weighted by Gasteiger charge is 2.19. The van der Waals surface area contributed by atoms with Gasteiger partial charge in [0.15, 0.2) is 11.4 Å². The Balaban J connectivity index is 0.000000191. The van der Waals surface area contributed by atoms with E-state index in [4.69, 9.17) is 4.74 Å². The van der Waals surface area contributed by atoms with Gasteiger partial charge in [-0.2, -0.15) is 0 Å². The van der Waals surface area contributed by atoms with Crippen molar-refractivity contribution in [3.05, 3.63) is 156 Å². The lowest BCUT2D eigenvalue weighted by Gasteiger charge is -2.14. The van der Waals surface area contributed by atoms with Crippen molar-refractivity contribution in [1.29, 1.82) is 0 Å². The standard InChI is InChI=1S/C22H21NO2.C21H19NO2/c1-3-15-10-12-17(13-11-15)19-14-16(4-2)21(22(24)25)23-20(19)18-8-6-5-7-9-18;1-3-24-21(23)20-19(18-12-8-7-9-15(18)2)13-17(14-22-20)16-10-5-4-6-11-16/h5-14H,3-4H2,1-2H3,(H,24,25);4-14H,3H2,1-2H3. The van der Waals surface area contributed by atoms with Gasteiger partial charge in [-0.15, -0.1) is 0 Å². The number of carboxylic acid groups (broad SMARTS) is 1. The van der Waals surface area contributed by atoms with Gasteiger partial charge in [0.1, 0.15) is 0 Å². The number of esters is 1. The second-order valence-corrected chi connectivity index (χ2v) is 11.5. The number of carbonyl (C=O) groups is 2. The summed E-state index contributed by atoms with van der Waals surface area (Å²) in [5, 5.41) is 9.54. The predicted molar refractivity (Wildman–Crippen MR) is 197 cm³/mol. The molecule has 6 heteroatoms. The van der Waals surface area contributed by atoms with Crippen LogP contribution in [0.15, 0.2) is 128 Å². The number of aromatic carboxylic acids is 1. The molecule has 0 aliphatic carbocycles. The number of nitrogens with zero attached hydrogens (tertiary/aromatic N) is 2. The maximum atomic E-state index is 12.3. The normalized spacial score (nSPS) is 10.5. The molecule has 49 heavy (non-hydrogen) atoms. The first-order valence-electron chi connectivity index (χ1n) is 16.5. The maximum Gasteiger partial charge on any atom is 0.357 e. The maximum absolute atomic E-state index is 12.3. The van der Waals surface area contributed by atoms with Crippen molar-refractivity contribution in [3.8, 4) is 44.6 Å². The first-order chi connectivity index (χ1) is 23.8. The van der Waals surface area contributed by atoms with Crippen molar-refractivity contribution in [3.63, 3.8) is 0 Å². The number of aromatic nitrogens is 2. The summed E-state index contributed by atoms with van der Waals surface area (Å²) in [5.41, 5.74) is 11.1. The molecule has 0 unspecified atom stereocenters. The van der Waals surface area contributed by atoms with Crippen LogP contribution in [0.3, 0.4) is 0 Å². The molecule has 0 spiro atoms. The van der Waals surface area contributed by atoms with Gasteiger partial charge in [0.2, 0.25) is 0 Å². The van der Waals surface area contributed by atoms with E-state index < -0.39 is 11.9 Å². The zero-order chi connectivity index (χ0) is 34.8. The van der Waals surface area contributed by atoms with Crippen LogP contribution in [0.2, 0.25) is 0 Å². The fourth-order valence-electron chi connectivity index (χ4n) is 5.66. The van der Waals surface area contributed by atoms with Crippen LogP contribution < -0.4 is 0 Å². The summed E-state index contributed by atoms with van der Waals surface area (Å²) in [6.45, 7) is 8.23. The van der Waals surface area contributed by atoms with Crippen LogP contribution in [0.5, 0.6) is 0 Å². The number of carbonyl (C=O) groups excluding carboxylic acids is 1. The largest absolute Gasteiger partial charge is 0.477 e. The molecule has 0 saturated heterocycles. The number of pyridine rings is 2. The zero-order valence-electron chi connectivity index (χ0n) is 28.3. The quantitative estimate of drug-likeness (QED) is 0.157. The average Bonchev–Trinajstić information content (AvgIpc) is 3.15. The molecule has 4 aromatic carbocycles. The van der Waals surface area contributed by atoms with E-state index in [1.807, 2.05) is 111 Å². The van der Waals surface area contributed by atoms with Gasteiger partial charge in [-0.05, 0) is 72.2 Å². The molecule has 6 rings (SSSR count). The molecule has 2 aromatic heterocycles. The predicted octanol–water partition coefficient (Wildman–Crippen LogP) is 10.1. The lowest BCUT2D eigenvalue weighted by molar-refractivity contribution is 0.0520. The Morgan fingerprint density at radius 3 is 1.86 bits per heavy atom. The van der Waals surface area contributed by atoms with Crippen LogP contribution in [0.25, 0.3) is 44.6 Å². The second-order valence-electron chi connectivity index (χ2n) is 11.5. The fraction of sp³-hybridized carbons (Fsp3) is 0.163. The summed E-state index contributed by atoms with van der Waals surface area (Å²) in [5.74, 6) is -1.38. The average molecular weight is 649 g/mol. The third-order valence-electron chi connectivity index (χ3n) is 8.30. The summed E-state index contributed by atoms with van der Waals surface area (Å²) >= 11 is 0. The van der Waals surface area contributed by atoms with E-state index >= 15 is 0 Å². The molecule has 0 fully saturated rings. The van der Waals surface area contributed by atoms with Crippen LogP contribution in [-0.2, 0) is 17.6 Å². The van der Waals surface area contributed by atoms with Crippen LogP contribution in [0, 0.1) is 6.92 Å². The molecular formula is C43H40N2O4. The SMILES string of the molecule is CCOC(=O)c1ncc(-c2ccccc2)cc1-c1ccccc1C.CCc1ccc(-c2cc(CC)c(C(=O)O)nc2-c2ccccc2)cc1. The molecule has 0 aliphatic heterocycles. The van der Waals surface area contributed by atoms with E-state index in [0.29, 0.717) is 24.4 Å². The Hall–Kier alpha value is -5.88. The molecule has 6 nitrogen and oxygen atoms in total. The molecular weight excluding hydrogens is 608 g/mol. The van der Waals surface area contributed by atoms with Crippen LogP contribution in [0.4, 0.5) is 0 Å². The van der Waals surface area contributed by atoms with Gasteiger partial charge in [-0.3, -0.25) is 0 Å². The smallest absolute Gasteiger partial charge is 0.357 e. The van der Waals surface area contributed by atoms with Crippen molar-refractivity contribution < 1.29 is 19.4 Å². The molecule has 1 N–H and O–H groups in total. The summed E-state index contributed by atoms with van der Waals surface area (Å²) in [6, 6.07) is 40.1. The van der Waals surface area contributed by atoms with Crippen LogP contribution in [-0.4, -0.2) is 33.6 Å². The fourth-order valence-corrected chi connectivity index (χ4v) is 5.66. The van der Waals surface area contributed by atoms with Gasteiger partial charge in [-0.25, -0.2) is 19.6 Å². The summed E-state index contributed by atoms with van der Waals surface area (Å²) in [6.07, 6.45) is 3.34. The molecule has 0 bridgehead atoms. The number of carboxylic acids is 1. The van der Waals surface area contributed by atoms with Gasteiger partial charge in [-0.1, -0.05) is 123 Å². The minimum absolute atomic E-state index is 0.135. The zero-order valence-corrected chi connectivity index (χ0v) is 28.3. The van der Waals surface area contributed by atoms with Gasteiger partial charge in [0.25, 0.3) is 0 Å². The highest BCUT2D eigenvalue weighted by atomic mass is 16.5. The molecule has 0 aliphatic rings. The molecule has 0 saturated carbocycles. The molecule has 246 valence electrons. The minimum atomic E-state index is -0.984. The first kappa shape index (κ1) is 34.5. The van der Waals surface area contributed by atoms with Crippen LogP contribution >= 0.6 is 0 Å². The second kappa shape index (κ2) is 16.3. The van der Waals surface area contributed by atoms with Gasteiger partial charge in [0.05, 0.1) is 12.3 Å². The van der Waals surface area contributed by atoms with Crippen molar-refractivity contribution in [2.75, 3.05) is 6.61 Å². The number of aryl methyl sites for hydroxylation is 3. The number of benzene rings is 4. The van der Waals surface area contributed by atoms with E-state index in [0.717, 1.165) is 56.5 Å². The number of hydrogen-bond acceptors (Lipinski definition) is 5. The van der Waals surface area contributed by atoms with E-state index in [-0.39, 0.29) is 5.69 Å². The molecule has 2 heterocycles. The first-order valence-corrected chi connectivity index (χ1v) is 16.5. The molecule has 6 aromatic rings. The Morgan fingerprint density at radius 1 is 0.633 bits per heavy atom. The Kier molecular flexibility index (Phi) is 11.5. The monoisotopic (exact) mass is 648 g/mol. The van der Waals surface area contributed by atoms with Gasteiger partial charge < -0.3 is 9.84 Å². The van der Waals surface area contributed by atoms with Crippen LogP contribution in [0.1, 0.15) is 58.4 Å². The van der Waals surface area contributed by atoms with Gasteiger partial charge in [0, 0.05) is 28.5 Å². The lowest BCUT2D eigenvalue weighted by Crippen LogP contribution is -2.09. The topological polar surface area (TPSA) is 89.4 Å². The number of ether oxygens (including phenoxy) is 1. The van der Waals surface area contributed by atoms with E-state index in [1.54, 1.807) is 13.1 Å². The summed E-state index contributed by atoms with van der Waals surface area (Å²) in [4.78, 5) is 32.9. The third kappa shape index (κ3) is 8.17. The number of rotatable bonds is 9. The van der Waals surface area contributed by atoms with Crippen molar-refractivity contribution in [1.82, 2.24) is 9.97 Å². The summed E-state index contributed by atoms with van der Waals surface area (Å²) < 4.78 is 5.17. The van der Waals surface area contributed by atoms with E-state index in [2.05, 4.69) is 41.2 Å². The Bertz CT molecular complexity index is 2040. The van der Waals surface area contributed by atoms with Crippen molar-refractivity contribution in [2.45, 2.75) is 40.5 Å². The minimum Gasteiger partial charge on any atom is -0.477 e. The Morgan fingerprint density at radius 2 is 1.27 bits per heavy atom. The van der Waals surface area contributed by atoms with Crippen molar-refractivity contribution in [2.24, 2.45) is 0 Å². The lowest BCUT2D eigenvalue weighted by atomic mass is 9.95. The highest BCUT2D eigenvalue weighted by molar-refractivity contribution is 5.97. The summed E-state index contributed by atoms with van der Waals surface area (Å²) in [7, 11) is 0. The van der Waals surface area contributed by atoms with Crippen molar-refractivity contribution >= 4 is 11.9 Å².